The van der Waals surface area contributed by atoms with Gasteiger partial charge in [0.1, 0.15) is 0 Å². The Bertz CT molecular complexity index is 624. The van der Waals surface area contributed by atoms with Gasteiger partial charge in [-0.05, 0) is 34.7 Å². The van der Waals surface area contributed by atoms with Gasteiger partial charge in [-0.25, -0.2) is 4.79 Å². The summed E-state index contributed by atoms with van der Waals surface area (Å²) < 4.78 is 0. The standard InChI is InChI=1S/C18H20O2S/c1-18(2,3)14-8-10-15(11-9-14)21-12-13-6-4-5-7-16(13)17(19)20/h4-11H,12H2,1-3H3,(H,19,20). The third kappa shape index (κ3) is 4.11. The Labute approximate surface area is 130 Å². The molecule has 2 aromatic rings. The lowest BCUT2D eigenvalue weighted by Crippen LogP contribution is -2.10. The van der Waals surface area contributed by atoms with Crippen LogP contribution in [0.25, 0.3) is 0 Å². The first kappa shape index (κ1) is 15.6. The number of aromatic carboxylic acids is 1. The van der Waals surface area contributed by atoms with Crippen LogP contribution in [-0.4, -0.2) is 11.1 Å². The molecular weight excluding hydrogens is 280 g/mol. The quantitative estimate of drug-likeness (QED) is 0.810. The highest BCUT2D eigenvalue weighted by Crippen LogP contribution is 2.28. The summed E-state index contributed by atoms with van der Waals surface area (Å²) in [6.45, 7) is 6.58. The van der Waals surface area contributed by atoms with Crippen molar-refractivity contribution >= 4 is 17.7 Å². The van der Waals surface area contributed by atoms with Crippen LogP contribution in [0.1, 0.15) is 42.3 Å². The zero-order valence-electron chi connectivity index (χ0n) is 12.6. The summed E-state index contributed by atoms with van der Waals surface area (Å²) in [5, 5.41) is 9.18. The fraction of sp³-hybridized carbons (Fsp3) is 0.278. The van der Waals surface area contributed by atoms with E-state index in [1.165, 1.54) is 5.56 Å². The van der Waals surface area contributed by atoms with Crippen LogP contribution in [-0.2, 0) is 11.2 Å². The summed E-state index contributed by atoms with van der Waals surface area (Å²) in [6.07, 6.45) is 0. The Morgan fingerprint density at radius 2 is 1.67 bits per heavy atom. The maximum Gasteiger partial charge on any atom is 0.335 e. The number of carboxylic acid groups (broad SMARTS) is 1. The van der Waals surface area contributed by atoms with Crippen LogP contribution in [0.2, 0.25) is 0 Å². The van der Waals surface area contributed by atoms with E-state index in [4.69, 9.17) is 0 Å². The number of rotatable bonds is 4. The molecule has 3 heteroatoms. The number of benzene rings is 2. The minimum atomic E-state index is -0.866. The van der Waals surface area contributed by atoms with Crippen LogP contribution in [0.4, 0.5) is 0 Å². The van der Waals surface area contributed by atoms with E-state index in [2.05, 4.69) is 45.0 Å². The van der Waals surface area contributed by atoms with Crippen molar-refractivity contribution in [3.8, 4) is 0 Å². The van der Waals surface area contributed by atoms with Crippen LogP contribution < -0.4 is 0 Å². The van der Waals surface area contributed by atoms with Gasteiger partial charge in [-0.1, -0.05) is 51.1 Å². The molecule has 0 saturated heterocycles. The van der Waals surface area contributed by atoms with Crippen LogP contribution in [0.5, 0.6) is 0 Å². The molecule has 0 atom stereocenters. The van der Waals surface area contributed by atoms with Gasteiger partial charge in [0.25, 0.3) is 0 Å². The summed E-state index contributed by atoms with van der Waals surface area (Å²) in [6, 6.07) is 15.7. The smallest absolute Gasteiger partial charge is 0.335 e. The molecule has 0 aliphatic heterocycles. The van der Waals surface area contributed by atoms with Crippen molar-refractivity contribution in [2.45, 2.75) is 36.8 Å². The van der Waals surface area contributed by atoms with Crippen molar-refractivity contribution in [2.24, 2.45) is 0 Å². The Kier molecular flexibility index (Phi) is 4.73. The Morgan fingerprint density at radius 3 is 2.24 bits per heavy atom. The highest BCUT2D eigenvalue weighted by molar-refractivity contribution is 7.98. The molecule has 1 N–H and O–H groups in total. The molecule has 0 fully saturated rings. The Balaban J connectivity index is 2.09. The summed E-state index contributed by atoms with van der Waals surface area (Å²) in [4.78, 5) is 12.3. The molecule has 0 bridgehead atoms. The highest BCUT2D eigenvalue weighted by Gasteiger charge is 2.13. The topological polar surface area (TPSA) is 37.3 Å². The van der Waals surface area contributed by atoms with Gasteiger partial charge in [-0.2, -0.15) is 0 Å². The molecule has 2 nitrogen and oxygen atoms in total. The van der Waals surface area contributed by atoms with Gasteiger partial charge < -0.3 is 5.11 Å². The van der Waals surface area contributed by atoms with E-state index in [0.29, 0.717) is 11.3 Å². The van der Waals surface area contributed by atoms with E-state index in [1.807, 2.05) is 12.1 Å². The molecule has 0 aliphatic rings. The van der Waals surface area contributed by atoms with Gasteiger partial charge in [0.2, 0.25) is 0 Å². The van der Waals surface area contributed by atoms with Gasteiger partial charge in [-0.15, -0.1) is 11.8 Å². The van der Waals surface area contributed by atoms with E-state index in [1.54, 1.807) is 23.9 Å². The first-order valence-corrected chi connectivity index (χ1v) is 7.91. The van der Waals surface area contributed by atoms with Crippen molar-refractivity contribution in [3.05, 3.63) is 65.2 Å². The third-order valence-corrected chi connectivity index (χ3v) is 4.42. The summed E-state index contributed by atoms with van der Waals surface area (Å²) >= 11 is 1.66. The normalized spacial score (nSPS) is 11.4. The average molecular weight is 300 g/mol. The summed E-state index contributed by atoms with van der Waals surface area (Å²) in [5.41, 5.74) is 2.70. The van der Waals surface area contributed by atoms with Gasteiger partial charge in [0, 0.05) is 10.6 Å². The van der Waals surface area contributed by atoms with Gasteiger partial charge in [-0.3, -0.25) is 0 Å². The number of thioether (sulfide) groups is 1. The highest BCUT2D eigenvalue weighted by atomic mass is 32.2. The Hall–Kier alpha value is -1.74. The largest absolute Gasteiger partial charge is 0.478 e. The zero-order valence-corrected chi connectivity index (χ0v) is 13.4. The lowest BCUT2D eigenvalue weighted by atomic mass is 9.87. The van der Waals surface area contributed by atoms with Crippen LogP contribution in [0, 0.1) is 0 Å². The fourth-order valence-corrected chi connectivity index (χ4v) is 2.97. The zero-order chi connectivity index (χ0) is 15.5. The predicted molar refractivity (Wildman–Crippen MR) is 88.1 cm³/mol. The van der Waals surface area contributed by atoms with E-state index >= 15 is 0 Å². The van der Waals surface area contributed by atoms with Crippen LogP contribution in [0.3, 0.4) is 0 Å². The van der Waals surface area contributed by atoms with Gasteiger partial charge in [0.15, 0.2) is 0 Å². The van der Waals surface area contributed by atoms with Crippen molar-refractivity contribution in [1.82, 2.24) is 0 Å². The molecule has 0 heterocycles. The molecule has 0 unspecified atom stereocenters. The number of carbonyl (C=O) groups is 1. The fourth-order valence-electron chi connectivity index (χ4n) is 2.07. The van der Waals surface area contributed by atoms with Crippen molar-refractivity contribution in [3.63, 3.8) is 0 Å². The predicted octanol–water partition coefficient (Wildman–Crippen LogP) is 4.97. The van der Waals surface area contributed by atoms with Crippen molar-refractivity contribution in [2.75, 3.05) is 0 Å². The molecule has 0 saturated carbocycles. The molecular formula is C18H20O2S. The number of hydrogen-bond acceptors (Lipinski definition) is 2. The molecule has 0 aliphatic carbocycles. The monoisotopic (exact) mass is 300 g/mol. The maximum absolute atomic E-state index is 11.2. The van der Waals surface area contributed by atoms with Crippen molar-refractivity contribution < 1.29 is 9.90 Å². The first-order chi connectivity index (χ1) is 9.88. The molecule has 2 aromatic carbocycles. The molecule has 21 heavy (non-hydrogen) atoms. The van der Waals surface area contributed by atoms with Crippen molar-refractivity contribution in [1.29, 1.82) is 0 Å². The van der Waals surface area contributed by atoms with Gasteiger partial charge in [0.05, 0.1) is 5.56 Å². The average Bonchev–Trinajstić information content (AvgIpc) is 2.45. The SMILES string of the molecule is CC(C)(C)c1ccc(SCc2ccccc2C(=O)O)cc1. The summed E-state index contributed by atoms with van der Waals surface area (Å²) in [7, 11) is 0. The number of hydrogen-bond donors (Lipinski definition) is 1. The first-order valence-electron chi connectivity index (χ1n) is 6.92. The summed E-state index contributed by atoms with van der Waals surface area (Å²) in [5.74, 6) is -0.202. The number of carboxylic acids is 1. The molecule has 2 rings (SSSR count). The lowest BCUT2D eigenvalue weighted by molar-refractivity contribution is 0.0696. The third-order valence-electron chi connectivity index (χ3n) is 3.36. The minimum Gasteiger partial charge on any atom is -0.478 e. The molecule has 110 valence electrons. The minimum absolute atomic E-state index is 0.152. The van der Waals surface area contributed by atoms with E-state index in [-0.39, 0.29) is 5.41 Å². The van der Waals surface area contributed by atoms with Gasteiger partial charge >= 0.3 is 5.97 Å². The Morgan fingerprint density at radius 1 is 1.05 bits per heavy atom. The van der Waals surface area contributed by atoms with Crippen LogP contribution >= 0.6 is 11.8 Å². The second-order valence-electron chi connectivity index (χ2n) is 6.03. The lowest BCUT2D eigenvalue weighted by Gasteiger charge is -2.19. The van der Waals surface area contributed by atoms with E-state index < -0.39 is 5.97 Å². The molecule has 0 spiro atoms. The second kappa shape index (κ2) is 6.35. The molecule has 0 amide bonds. The second-order valence-corrected chi connectivity index (χ2v) is 7.07. The molecule has 0 aromatic heterocycles. The maximum atomic E-state index is 11.2. The molecule has 0 radical (unpaired) electrons. The van der Waals surface area contributed by atoms with E-state index in [9.17, 15) is 9.90 Å². The van der Waals surface area contributed by atoms with Crippen LogP contribution in [0.15, 0.2) is 53.4 Å². The van der Waals surface area contributed by atoms with E-state index in [0.717, 1.165) is 10.5 Å².